The number of halogens is 3. The molecule has 1 aromatic heterocycles. The molecule has 0 aliphatic rings. The molecule has 0 saturated carbocycles. The van der Waals surface area contributed by atoms with Gasteiger partial charge >= 0.3 is 0 Å². The number of benzene rings is 1. The van der Waals surface area contributed by atoms with Crippen LogP contribution in [0, 0.1) is 11.6 Å². The Labute approximate surface area is 111 Å². The molecule has 2 rings (SSSR count). The summed E-state index contributed by atoms with van der Waals surface area (Å²) in [7, 11) is 0. The van der Waals surface area contributed by atoms with Crippen LogP contribution in [0.5, 0.6) is 0 Å². The van der Waals surface area contributed by atoms with Crippen LogP contribution in [0.4, 0.5) is 14.5 Å². The van der Waals surface area contributed by atoms with Crippen molar-refractivity contribution in [3.63, 3.8) is 0 Å². The number of aromatic nitrogens is 2. The third-order valence-corrected chi connectivity index (χ3v) is 2.86. The molecule has 0 aliphatic carbocycles. The summed E-state index contributed by atoms with van der Waals surface area (Å²) in [6.45, 7) is 2.07. The van der Waals surface area contributed by atoms with Gasteiger partial charge < -0.3 is 9.73 Å². The van der Waals surface area contributed by atoms with Crippen LogP contribution < -0.4 is 5.32 Å². The lowest BCUT2D eigenvalue weighted by molar-refractivity contribution is 0.460. The zero-order chi connectivity index (χ0) is 13.1. The topological polar surface area (TPSA) is 51.0 Å². The highest BCUT2D eigenvalue weighted by Crippen LogP contribution is 2.23. The van der Waals surface area contributed by atoms with Crippen LogP contribution in [0.3, 0.4) is 0 Å². The second-order valence-electron chi connectivity index (χ2n) is 3.54. The van der Waals surface area contributed by atoms with Gasteiger partial charge in [-0.1, -0.05) is 6.92 Å². The molecule has 0 spiro atoms. The van der Waals surface area contributed by atoms with E-state index in [4.69, 9.17) is 4.42 Å². The quantitative estimate of drug-likeness (QED) is 0.879. The minimum absolute atomic E-state index is 0.166. The zero-order valence-electron chi connectivity index (χ0n) is 9.51. The predicted molar refractivity (Wildman–Crippen MR) is 65.1 cm³/mol. The van der Waals surface area contributed by atoms with Crippen LogP contribution in [0.15, 0.2) is 21.0 Å². The number of aryl methyl sites for hydroxylation is 1. The van der Waals surface area contributed by atoms with Crippen LogP contribution in [0.2, 0.25) is 0 Å². The van der Waals surface area contributed by atoms with Gasteiger partial charge in [0.1, 0.15) is 11.6 Å². The molecule has 0 bridgehead atoms. The monoisotopic (exact) mass is 317 g/mol. The maximum Gasteiger partial charge on any atom is 0.235 e. The molecule has 4 nitrogen and oxygen atoms in total. The van der Waals surface area contributed by atoms with Gasteiger partial charge in [0.15, 0.2) is 0 Å². The molecule has 96 valence electrons. The molecule has 1 heterocycles. The van der Waals surface area contributed by atoms with Crippen LogP contribution in [-0.2, 0) is 13.0 Å². The second-order valence-corrected chi connectivity index (χ2v) is 4.40. The van der Waals surface area contributed by atoms with E-state index in [0.717, 1.165) is 6.07 Å². The number of hydrogen-bond donors (Lipinski definition) is 1. The van der Waals surface area contributed by atoms with Crippen LogP contribution in [0.1, 0.15) is 18.7 Å². The SMILES string of the molecule is CCc1nnc(CNc2cc(Br)c(F)cc2F)o1. The average Bonchev–Trinajstić information content (AvgIpc) is 2.80. The van der Waals surface area contributed by atoms with Crippen molar-refractivity contribution in [1.29, 1.82) is 0 Å². The lowest BCUT2D eigenvalue weighted by Gasteiger charge is -2.06. The Hall–Kier alpha value is -1.50. The minimum Gasteiger partial charge on any atom is -0.423 e. The van der Waals surface area contributed by atoms with Crippen LogP contribution in [-0.4, -0.2) is 10.2 Å². The molecule has 0 unspecified atom stereocenters. The van der Waals surface area contributed by atoms with E-state index in [1.54, 1.807) is 0 Å². The number of nitrogens with zero attached hydrogens (tertiary/aromatic N) is 2. The van der Waals surface area contributed by atoms with Crippen molar-refractivity contribution in [3.05, 3.63) is 40.0 Å². The van der Waals surface area contributed by atoms with E-state index in [9.17, 15) is 8.78 Å². The van der Waals surface area contributed by atoms with Gasteiger partial charge in [-0.3, -0.25) is 0 Å². The number of rotatable bonds is 4. The molecule has 0 aliphatic heterocycles. The Bertz CT molecular complexity index is 559. The Balaban J connectivity index is 2.08. The third kappa shape index (κ3) is 2.84. The normalized spacial score (nSPS) is 10.7. The van der Waals surface area contributed by atoms with E-state index in [-0.39, 0.29) is 16.7 Å². The molecule has 0 fully saturated rings. The first-order valence-electron chi connectivity index (χ1n) is 5.29. The molecule has 1 aromatic carbocycles. The standard InChI is InChI=1S/C11H10BrF2N3O/c1-2-10-16-17-11(18-10)5-15-9-3-6(12)7(13)4-8(9)14/h3-4,15H,2,5H2,1H3. The Morgan fingerprint density at radius 3 is 2.61 bits per heavy atom. The van der Waals surface area contributed by atoms with Crippen LogP contribution >= 0.6 is 15.9 Å². The molecule has 2 aromatic rings. The van der Waals surface area contributed by atoms with Crippen molar-refractivity contribution < 1.29 is 13.2 Å². The molecular formula is C11H10BrF2N3O. The van der Waals surface area contributed by atoms with E-state index >= 15 is 0 Å². The first kappa shape index (κ1) is 12.9. The van der Waals surface area contributed by atoms with Crippen molar-refractivity contribution in [2.45, 2.75) is 19.9 Å². The predicted octanol–water partition coefficient (Wildman–Crippen LogP) is 3.28. The number of hydrogen-bond acceptors (Lipinski definition) is 4. The van der Waals surface area contributed by atoms with Gasteiger partial charge in [-0.15, -0.1) is 10.2 Å². The van der Waals surface area contributed by atoms with E-state index < -0.39 is 11.6 Å². The van der Waals surface area contributed by atoms with E-state index in [2.05, 4.69) is 31.4 Å². The van der Waals surface area contributed by atoms with Gasteiger partial charge in [-0.25, -0.2) is 8.78 Å². The summed E-state index contributed by atoms with van der Waals surface area (Å²) in [4.78, 5) is 0. The fourth-order valence-corrected chi connectivity index (χ4v) is 1.67. The van der Waals surface area contributed by atoms with E-state index in [1.807, 2.05) is 6.92 Å². The number of anilines is 1. The molecule has 0 atom stereocenters. The Kier molecular flexibility index (Phi) is 3.90. The third-order valence-electron chi connectivity index (χ3n) is 2.25. The molecular weight excluding hydrogens is 308 g/mol. The maximum atomic E-state index is 13.4. The first-order chi connectivity index (χ1) is 8.60. The summed E-state index contributed by atoms with van der Waals surface area (Å²) in [6.07, 6.45) is 0.642. The highest BCUT2D eigenvalue weighted by atomic mass is 79.9. The van der Waals surface area contributed by atoms with Gasteiger partial charge in [0.05, 0.1) is 16.7 Å². The Morgan fingerprint density at radius 1 is 1.22 bits per heavy atom. The number of nitrogens with one attached hydrogen (secondary N) is 1. The maximum absolute atomic E-state index is 13.4. The van der Waals surface area contributed by atoms with Gasteiger partial charge in [-0.2, -0.15) is 0 Å². The largest absolute Gasteiger partial charge is 0.423 e. The van der Waals surface area contributed by atoms with E-state index in [0.29, 0.717) is 18.2 Å². The summed E-state index contributed by atoms with van der Waals surface area (Å²) in [6, 6.07) is 2.12. The van der Waals surface area contributed by atoms with Crippen molar-refractivity contribution in [3.8, 4) is 0 Å². The first-order valence-corrected chi connectivity index (χ1v) is 6.09. The summed E-state index contributed by atoms with van der Waals surface area (Å²) in [5.74, 6) is -0.450. The van der Waals surface area contributed by atoms with Crippen LogP contribution in [0.25, 0.3) is 0 Å². The zero-order valence-corrected chi connectivity index (χ0v) is 11.1. The molecule has 0 amide bonds. The minimum atomic E-state index is -0.675. The van der Waals surface area contributed by atoms with Gasteiger partial charge in [0, 0.05) is 12.5 Å². The van der Waals surface area contributed by atoms with Gasteiger partial charge in [0.2, 0.25) is 11.8 Å². The highest BCUT2D eigenvalue weighted by Gasteiger charge is 2.09. The Morgan fingerprint density at radius 2 is 1.94 bits per heavy atom. The molecule has 7 heteroatoms. The molecule has 0 radical (unpaired) electrons. The summed E-state index contributed by atoms with van der Waals surface area (Å²) in [5, 5.41) is 10.3. The van der Waals surface area contributed by atoms with Crippen molar-refractivity contribution in [1.82, 2.24) is 10.2 Å². The highest BCUT2D eigenvalue weighted by molar-refractivity contribution is 9.10. The lowest BCUT2D eigenvalue weighted by atomic mass is 10.3. The van der Waals surface area contributed by atoms with Crippen molar-refractivity contribution in [2.24, 2.45) is 0 Å². The fourth-order valence-electron chi connectivity index (χ4n) is 1.33. The molecule has 18 heavy (non-hydrogen) atoms. The summed E-state index contributed by atoms with van der Waals surface area (Å²) < 4.78 is 31.9. The van der Waals surface area contributed by atoms with Gasteiger partial charge in [0.25, 0.3) is 0 Å². The second kappa shape index (κ2) is 5.43. The molecule has 0 saturated heterocycles. The van der Waals surface area contributed by atoms with Crippen molar-refractivity contribution >= 4 is 21.6 Å². The smallest absolute Gasteiger partial charge is 0.235 e. The molecule has 1 N–H and O–H groups in total. The average molecular weight is 318 g/mol. The fraction of sp³-hybridized carbons (Fsp3) is 0.273. The van der Waals surface area contributed by atoms with Crippen molar-refractivity contribution in [2.75, 3.05) is 5.32 Å². The lowest BCUT2D eigenvalue weighted by Crippen LogP contribution is -2.02. The summed E-state index contributed by atoms with van der Waals surface area (Å²) >= 11 is 2.99. The van der Waals surface area contributed by atoms with Gasteiger partial charge in [-0.05, 0) is 22.0 Å². The summed E-state index contributed by atoms with van der Waals surface area (Å²) in [5.41, 5.74) is 0.166. The van der Waals surface area contributed by atoms with E-state index in [1.165, 1.54) is 6.07 Å².